The minimum atomic E-state index is -3.79. The van der Waals surface area contributed by atoms with Gasteiger partial charge in [0.25, 0.3) is 10.0 Å². The Morgan fingerprint density at radius 2 is 2.19 bits per heavy atom. The van der Waals surface area contributed by atoms with Gasteiger partial charge in [-0.05, 0) is 32.4 Å². The van der Waals surface area contributed by atoms with Crippen molar-refractivity contribution in [1.82, 2.24) is 9.71 Å². The molecule has 1 unspecified atom stereocenters. The Hall–Kier alpha value is -1.31. The summed E-state index contributed by atoms with van der Waals surface area (Å²) in [5.41, 5.74) is 0.234. The second kappa shape index (κ2) is 5.82. The number of rotatable bonds is 5. The first-order chi connectivity index (χ1) is 9.78. The Kier molecular flexibility index (Phi) is 4.46. The van der Waals surface area contributed by atoms with Crippen LogP contribution < -0.4 is 4.72 Å². The van der Waals surface area contributed by atoms with Crippen molar-refractivity contribution in [3.05, 3.63) is 29.6 Å². The zero-order valence-corrected chi connectivity index (χ0v) is 13.3. The summed E-state index contributed by atoms with van der Waals surface area (Å²) in [7, 11) is -3.79. The van der Waals surface area contributed by atoms with E-state index in [0.29, 0.717) is 17.7 Å². The van der Waals surface area contributed by atoms with E-state index in [9.17, 15) is 13.5 Å². The molecule has 1 aliphatic heterocycles. The van der Waals surface area contributed by atoms with Gasteiger partial charge in [-0.15, -0.1) is 0 Å². The Labute approximate surface area is 125 Å². The highest BCUT2D eigenvalue weighted by molar-refractivity contribution is 8.05. The number of hydrogen-bond donors (Lipinski definition) is 2. The maximum absolute atomic E-state index is 12.5. The lowest BCUT2D eigenvalue weighted by Crippen LogP contribution is -2.53. The molecular weight excluding hydrogens is 290 g/mol. The van der Waals surface area contributed by atoms with Gasteiger partial charge in [-0.3, -0.25) is 9.98 Å². The topological polar surface area (TPSA) is 91.7 Å². The van der Waals surface area contributed by atoms with Crippen LogP contribution in [0.5, 0.6) is 0 Å². The molecule has 116 valence electrons. The van der Waals surface area contributed by atoms with Gasteiger partial charge in [0.05, 0.1) is 23.9 Å². The summed E-state index contributed by atoms with van der Waals surface area (Å²) in [6.07, 6.45) is 2.17. The zero-order chi connectivity index (χ0) is 15.7. The molecule has 1 aliphatic rings. The van der Waals surface area contributed by atoms with Crippen molar-refractivity contribution in [3.8, 4) is 0 Å². The summed E-state index contributed by atoms with van der Waals surface area (Å²) in [6, 6.07) is 3.38. The average molecular weight is 311 g/mol. The molecule has 2 rings (SSSR count). The lowest BCUT2D eigenvalue weighted by molar-refractivity contribution is 0.0856. The molecule has 7 heteroatoms. The van der Waals surface area contributed by atoms with Crippen LogP contribution in [-0.4, -0.2) is 35.2 Å². The quantitative estimate of drug-likeness (QED) is 0.854. The van der Waals surface area contributed by atoms with Gasteiger partial charge in [0.15, 0.2) is 5.04 Å². The molecule has 1 aromatic rings. The molecule has 1 atom stereocenters. The van der Waals surface area contributed by atoms with E-state index in [1.807, 2.05) is 6.92 Å². The first kappa shape index (κ1) is 16.1. The summed E-state index contributed by atoms with van der Waals surface area (Å²) >= 11 is 0. The smallest absolute Gasteiger partial charge is 0.258 e. The molecule has 6 nitrogen and oxygen atoms in total. The van der Waals surface area contributed by atoms with Crippen molar-refractivity contribution in [1.29, 1.82) is 0 Å². The Bertz CT molecular complexity index is 653. The number of aromatic nitrogens is 1. The minimum absolute atomic E-state index is 0.00220. The fourth-order valence-corrected chi connectivity index (χ4v) is 3.95. The third kappa shape index (κ3) is 3.30. The molecule has 0 amide bonds. The third-order valence-electron chi connectivity index (χ3n) is 3.54. The second-order valence-corrected chi connectivity index (χ2v) is 7.35. The van der Waals surface area contributed by atoms with Gasteiger partial charge in [-0.25, -0.2) is 13.1 Å². The van der Waals surface area contributed by atoms with E-state index in [4.69, 9.17) is 0 Å². The van der Waals surface area contributed by atoms with E-state index in [2.05, 4.69) is 14.7 Å². The SMILES string of the molecule is CCCC(O)C(C)(C)NS(=O)(=O)C1=NCc2ncccc21. The molecule has 0 radical (unpaired) electrons. The molecule has 1 aromatic heterocycles. The summed E-state index contributed by atoms with van der Waals surface area (Å²) < 4.78 is 27.6. The summed E-state index contributed by atoms with van der Waals surface area (Å²) in [4.78, 5) is 8.21. The number of hydrogen-bond acceptors (Lipinski definition) is 5. The molecule has 2 N–H and O–H groups in total. The van der Waals surface area contributed by atoms with E-state index < -0.39 is 21.7 Å². The summed E-state index contributed by atoms with van der Waals surface area (Å²) in [5, 5.41) is 10.1. The highest BCUT2D eigenvalue weighted by Crippen LogP contribution is 2.22. The standard InChI is InChI=1S/C14H21N3O3S/c1-4-6-12(18)14(2,3)17-21(19,20)13-10-7-5-8-15-11(10)9-16-13/h5,7-8,12,17-18H,4,6,9H2,1-3H3. The van der Waals surface area contributed by atoms with Crippen LogP contribution >= 0.6 is 0 Å². The van der Waals surface area contributed by atoms with Crippen molar-refractivity contribution in [2.24, 2.45) is 4.99 Å². The molecule has 0 saturated heterocycles. The molecule has 0 saturated carbocycles. The summed E-state index contributed by atoms with van der Waals surface area (Å²) in [5.74, 6) is 0. The van der Waals surface area contributed by atoms with Crippen molar-refractivity contribution >= 4 is 15.1 Å². The molecule has 21 heavy (non-hydrogen) atoms. The van der Waals surface area contributed by atoms with Crippen LogP contribution in [0.25, 0.3) is 0 Å². The second-order valence-electron chi connectivity index (χ2n) is 5.75. The first-order valence-electron chi connectivity index (χ1n) is 6.98. The van der Waals surface area contributed by atoms with Crippen molar-refractivity contribution < 1.29 is 13.5 Å². The van der Waals surface area contributed by atoms with Gasteiger partial charge in [0, 0.05) is 11.8 Å². The number of nitrogens with zero attached hydrogens (tertiary/aromatic N) is 2. The van der Waals surface area contributed by atoms with Crippen molar-refractivity contribution in [2.75, 3.05) is 0 Å². The molecule has 0 aliphatic carbocycles. The minimum Gasteiger partial charge on any atom is -0.391 e. The van der Waals surface area contributed by atoms with Crippen LogP contribution in [0.15, 0.2) is 23.3 Å². The first-order valence-corrected chi connectivity index (χ1v) is 8.47. The fourth-order valence-electron chi connectivity index (χ4n) is 2.32. The maximum Gasteiger partial charge on any atom is 0.258 e. The molecule has 2 heterocycles. The van der Waals surface area contributed by atoms with Gasteiger partial charge >= 0.3 is 0 Å². The van der Waals surface area contributed by atoms with Gasteiger partial charge < -0.3 is 5.11 Å². The van der Waals surface area contributed by atoms with Gasteiger partial charge in [0.1, 0.15) is 0 Å². The van der Waals surface area contributed by atoms with E-state index in [0.717, 1.165) is 6.42 Å². The molecule has 0 fully saturated rings. The Morgan fingerprint density at radius 1 is 1.48 bits per heavy atom. The third-order valence-corrected chi connectivity index (χ3v) is 5.19. The molecule has 0 bridgehead atoms. The number of nitrogens with one attached hydrogen (secondary N) is 1. The number of pyridine rings is 1. The molecular formula is C14H21N3O3S. The van der Waals surface area contributed by atoms with Crippen LogP contribution in [0.4, 0.5) is 0 Å². The van der Waals surface area contributed by atoms with Gasteiger partial charge in [0.2, 0.25) is 0 Å². The Morgan fingerprint density at radius 3 is 2.86 bits per heavy atom. The van der Waals surface area contributed by atoms with E-state index >= 15 is 0 Å². The van der Waals surface area contributed by atoms with Crippen LogP contribution in [0.3, 0.4) is 0 Å². The van der Waals surface area contributed by atoms with Crippen molar-refractivity contribution in [3.63, 3.8) is 0 Å². The summed E-state index contributed by atoms with van der Waals surface area (Å²) in [6.45, 7) is 5.55. The van der Waals surface area contributed by atoms with Gasteiger partial charge in [-0.1, -0.05) is 13.3 Å². The van der Waals surface area contributed by atoms with Crippen LogP contribution in [0.2, 0.25) is 0 Å². The predicted molar refractivity (Wildman–Crippen MR) is 81.5 cm³/mol. The van der Waals surface area contributed by atoms with E-state index in [1.54, 1.807) is 32.2 Å². The average Bonchev–Trinajstić information content (AvgIpc) is 2.82. The van der Waals surface area contributed by atoms with Crippen LogP contribution in [-0.2, 0) is 16.6 Å². The monoisotopic (exact) mass is 311 g/mol. The highest BCUT2D eigenvalue weighted by Gasteiger charge is 2.36. The predicted octanol–water partition coefficient (Wildman–Crippen LogP) is 1.20. The lowest BCUT2D eigenvalue weighted by atomic mass is 9.95. The highest BCUT2D eigenvalue weighted by atomic mass is 32.2. The van der Waals surface area contributed by atoms with E-state index in [1.165, 1.54) is 0 Å². The Balaban J connectivity index is 2.25. The normalized spacial score (nSPS) is 16.5. The molecule has 0 spiro atoms. The maximum atomic E-state index is 12.5. The number of aliphatic hydroxyl groups excluding tert-OH is 1. The number of sulfonamides is 1. The number of aliphatic imine (C=N–C) groups is 1. The van der Waals surface area contributed by atoms with E-state index in [-0.39, 0.29) is 11.6 Å². The fraction of sp³-hybridized carbons (Fsp3) is 0.571. The largest absolute Gasteiger partial charge is 0.391 e. The zero-order valence-electron chi connectivity index (χ0n) is 12.5. The number of aliphatic hydroxyl groups is 1. The van der Waals surface area contributed by atoms with Crippen LogP contribution in [0, 0.1) is 0 Å². The van der Waals surface area contributed by atoms with Crippen molar-refractivity contribution in [2.45, 2.75) is 51.8 Å². The van der Waals surface area contributed by atoms with Gasteiger partial charge in [-0.2, -0.15) is 0 Å². The number of fused-ring (bicyclic) bond motifs is 1. The lowest BCUT2D eigenvalue weighted by Gasteiger charge is -2.31. The molecule has 0 aromatic carbocycles. The van der Waals surface area contributed by atoms with Crippen LogP contribution in [0.1, 0.15) is 44.9 Å².